The second kappa shape index (κ2) is 7.74. The SMILES string of the molecule is N#Cc1ccc(-c2ccn(CCn3ccc(-c4ccccn4)n3)n2)cc1[N+](=O)[O-]. The first-order valence-corrected chi connectivity index (χ1v) is 8.81. The monoisotopic (exact) mass is 385 g/mol. The molecule has 0 saturated heterocycles. The Kier molecular flexibility index (Phi) is 4.82. The number of nitriles is 1. The van der Waals surface area contributed by atoms with Gasteiger partial charge in [-0.2, -0.15) is 15.5 Å². The van der Waals surface area contributed by atoms with Gasteiger partial charge in [0.2, 0.25) is 0 Å². The number of hydrogen-bond acceptors (Lipinski definition) is 6. The molecule has 0 radical (unpaired) electrons. The van der Waals surface area contributed by atoms with Crippen molar-refractivity contribution in [3.8, 4) is 28.7 Å². The number of nitro groups is 1. The minimum absolute atomic E-state index is 0.0283. The number of aryl methyl sites for hydroxylation is 2. The molecule has 0 N–H and O–H groups in total. The Bertz CT molecular complexity index is 1210. The van der Waals surface area contributed by atoms with Crippen LogP contribution in [0.1, 0.15) is 5.56 Å². The van der Waals surface area contributed by atoms with E-state index in [2.05, 4.69) is 15.2 Å². The third kappa shape index (κ3) is 3.86. The van der Waals surface area contributed by atoms with Crippen molar-refractivity contribution in [1.29, 1.82) is 5.26 Å². The van der Waals surface area contributed by atoms with Crippen molar-refractivity contribution in [3.05, 3.63) is 82.8 Å². The van der Waals surface area contributed by atoms with E-state index in [-0.39, 0.29) is 11.3 Å². The molecule has 4 rings (SSSR count). The van der Waals surface area contributed by atoms with Crippen LogP contribution < -0.4 is 0 Å². The predicted molar refractivity (Wildman–Crippen MR) is 104 cm³/mol. The fourth-order valence-electron chi connectivity index (χ4n) is 2.92. The number of rotatable bonds is 6. The van der Waals surface area contributed by atoms with E-state index in [0.29, 0.717) is 24.3 Å². The van der Waals surface area contributed by atoms with Gasteiger partial charge < -0.3 is 0 Å². The highest BCUT2D eigenvalue weighted by molar-refractivity contribution is 5.65. The average Bonchev–Trinajstić information content (AvgIpc) is 3.42. The lowest BCUT2D eigenvalue weighted by molar-refractivity contribution is -0.385. The quantitative estimate of drug-likeness (QED) is 0.371. The summed E-state index contributed by atoms with van der Waals surface area (Å²) in [6.45, 7) is 1.20. The largest absolute Gasteiger partial charge is 0.287 e. The van der Waals surface area contributed by atoms with Crippen molar-refractivity contribution in [2.24, 2.45) is 0 Å². The summed E-state index contributed by atoms with van der Waals surface area (Å²) < 4.78 is 3.57. The summed E-state index contributed by atoms with van der Waals surface area (Å²) in [6.07, 6.45) is 5.42. The molecule has 1 aromatic carbocycles. The summed E-state index contributed by atoms with van der Waals surface area (Å²) in [6, 6.07) is 15.7. The zero-order chi connectivity index (χ0) is 20.2. The maximum absolute atomic E-state index is 11.1. The molecular formula is C20H15N7O2. The third-order valence-electron chi connectivity index (χ3n) is 4.38. The molecule has 0 aliphatic heterocycles. The Morgan fingerprint density at radius 1 is 0.966 bits per heavy atom. The van der Waals surface area contributed by atoms with Gasteiger partial charge in [0.05, 0.1) is 29.4 Å². The van der Waals surface area contributed by atoms with Crippen molar-refractivity contribution in [1.82, 2.24) is 24.5 Å². The fourth-order valence-corrected chi connectivity index (χ4v) is 2.92. The van der Waals surface area contributed by atoms with Crippen LogP contribution in [0.15, 0.2) is 67.1 Å². The molecule has 9 heteroatoms. The van der Waals surface area contributed by atoms with Gasteiger partial charge in [0.15, 0.2) is 0 Å². The van der Waals surface area contributed by atoms with E-state index >= 15 is 0 Å². The molecular weight excluding hydrogens is 370 g/mol. The zero-order valence-corrected chi connectivity index (χ0v) is 15.2. The number of pyridine rings is 1. The van der Waals surface area contributed by atoms with E-state index in [9.17, 15) is 10.1 Å². The highest BCUT2D eigenvalue weighted by Crippen LogP contribution is 2.25. The normalized spacial score (nSPS) is 10.6. The molecule has 3 aromatic heterocycles. The molecule has 0 amide bonds. The molecule has 0 fully saturated rings. The summed E-state index contributed by atoms with van der Waals surface area (Å²) in [5.41, 5.74) is 2.61. The smallest absolute Gasteiger partial charge is 0.270 e. The Labute approximate surface area is 165 Å². The molecule has 0 unspecified atom stereocenters. The lowest BCUT2D eigenvalue weighted by Crippen LogP contribution is -2.08. The van der Waals surface area contributed by atoms with Gasteiger partial charge in [-0.25, -0.2) is 0 Å². The van der Waals surface area contributed by atoms with Crippen LogP contribution >= 0.6 is 0 Å². The summed E-state index contributed by atoms with van der Waals surface area (Å²) in [7, 11) is 0. The van der Waals surface area contributed by atoms with Gasteiger partial charge >= 0.3 is 0 Å². The molecule has 0 aliphatic carbocycles. The van der Waals surface area contributed by atoms with Crippen LogP contribution in [0.3, 0.4) is 0 Å². The van der Waals surface area contributed by atoms with Gasteiger partial charge in [-0.15, -0.1) is 0 Å². The molecule has 3 heterocycles. The topological polar surface area (TPSA) is 115 Å². The van der Waals surface area contributed by atoms with Crippen molar-refractivity contribution >= 4 is 5.69 Å². The molecule has 0 saturated carbocycles. The lowest BCUT2D eigenvalue weighted by Gasteiger charge is -2.03. The van der Waals surface area contributed by atoms with Gasteiger partial charge in [0, 0.05) is 30.2 Å². The molecule has 9 nitrogen and oxygen atoms in total. The number of nitrogens with zero attached hydrogens (tertiary/aromatic N) is 7. The molecule has 4 aromatic rings. The van der Waals surface area contributed by atoms with Gasteiger partial charge in [0.25, 0.3) is 5.69 Å². The highest BCUT2D eigenvalue weighted by atomic mass is 16.6. The maximum atomic E-state index is 11.1. The van der Waals surface area contributed by atoms with Crippen LogP contribution in [-0.4, -0.2) is 29.5 Å². The van der Waals surface area contributed by atoms with Crippen molar-refractivity contribution in [2.75, 3.05) is 0 Å². The predicted octanol–water partition coefficient (Wildman–Crippen LogP) is 3.29. The molecule has 29 heavy (non-hydrogen) atoms. The van der Waals surface area contributed by atoms with Crippen LogP contribution in [-0.2, 0) is 13.1 Å². The Balaban J connectivity index is 1.47. The highest BCUT2D eigenvalue weighted by Gasteiger charge is 2.16. The second-order valence-electron chi connectivity index (χ2n) is 6.24. The minimum atomic E-state index is -0.560. The van der Waals surface area contributed by atoms with E-state index in [1.54, 1.807) is 23.0 Å². The van der Waals surface area contributed by atoms with Crippen molar-refractivity contribution in [2.45, 2.75) is 13.1 Å². The summed E-state index contributed by atoms with van der Waals surface area (Å²) >= 11 is 0. The number of aromatic nitrogens is 5. The first kappa shape index (κ1) is 18.1. The van der Waals surface area contributed by atoms with Crippen molar-refractivity contribution in [3.63, 3.8) is 0 Å². The van der Waals surface area contributed by atoms with E-state index in [1.165, 1.54) is 12.1 Å². The summed E-state index contributed by atoms with van der Waals surface area (Å²) in [4.78, 5) is 14.9. The van der Waals surface area contributed by atoms with E-state index < -0.39 is 4.92 Å². The summed E-state index contributed by atoms with van der Waals surface area (Å²) in [5, 5.41) is 29.1. The van der Waals surface area contributed by atoms with Crippen LogP contribution in [0.2, 0.25) is 0 Å². The minimum Gasteiger partial charge on any atom is -0.270 e. The number of benzene rings is 1. The first-order valence-electron chi connectivity index (χ1n) is 8.81. The van der Waals surface area contributed by atoms with E-state index in [0.717, 1.165) is 11.4 Å². The average molecular weight is 385 g/mol. The zero-order valence-electron chi connectivity index (χ0n) is 15.2. The van der Waals surface area contributed by atoms with Crippen LogP contribution in [0, 0.1) is 21.4 Å². The van der Waals surface area contributed by atoms with E-state index in [1.807, 2.05) is 47.4 Å². The molecule has 142 valence electrons. The standard InChI is InChI=1S/C20H15N7O2/c21-14-16-5-4-15(13-20(16)27(28)29)17-6-9-25(23-17)11-12-26-10-7-19(24-26)18-3-1-2-8-22-18/h1-10,13H,11-12H2. The van der Waals surface area contributed by atoms with Crippen LogP contribution in [0.4, 0.5) is 5.69 Å². The molecule has 0 spiro atoms. The van der Waals surface area contributed by atoms with Gasteiger partial charge in [-0.05, 0) is 30.3 Å². The Morgan fingerprint density at radius 2 is 1.69 bits per heavy atom. The number of nitro benzene ring substituents is 1. The van der Waals surface area contributed by atoms with Crippen LogP contribution in [0.5, 0.6) is 0 Å². The Morgan fingerprint density at radius 3 is 2.34 bits per heavy atom. The van der Waals surface area contributed by atoms with Gasteiger partial charge in [-0.1, -0.05) is 12.1 Å². The first-order chi connectivity index (χ1) is 14.1. The third-order valence-corrected chi connectivity index (χ3v) is 4.38. The lowest BCUT2D eigenvalue weighted by atomic mass is 10.1. The molecule has 0 bridgehead atoms. The number of hydrogen-bond donors (Lipinski definition) is 0. The summed E-state index contributed by atoms with van der Waals surface area (Å²) in [5.74, 6) is 0. The van der Waals surface area contributed by atoms with Crippen LogP contribution in [0.25, 0.3) is 22.6 Å². The molecule has 0 aliphatic rings. The fraction of sp³-hybridized carbons (Fsp3) is 0.100. The van der Waals surface area contributed by atoms with E-state index in [4.69, 9.17) is 5.26 Å². The van der Waals surface area contributed by atoms with Gasteiger partial charge in [0.1, 0.15) is 17.3 Å². The second-order valence-corrected chi connectivity index (χ2v) is 6.24. The van der Waals surface area contributed by atoms with Gasteiger partial charge in [-0.3, -0.25) is 24.5 Å². The van der Waals surface area contributed by atoms with Crippen molar-refractivity contribution < 1.29 is 4.92 Å². The molecule has 0 atom stereocenters. The Hall–Kier alpha value is -4.32. The maximum Gasteiger partial charge on any atom is 0.287 e.